The van der Waals surface area contributed by atoms with Crippen molar-refractivity contribution in [1.82, 2.24) is 9.80 Å². The van der Waals surface area contributed by atoms with Crippen LogP contribution in [0.2, 0.25) is 0 Å². The van der Waals surface area contributed by atoms with Gasteiger partial charge in [-0.3, -0.25) is 4.79 Å². The van der Waals surface area contributed by atoms with Gasteiger partial charge in [0.2, 0.25) is 5.91 Å². The average molecular weight is 270 g/mol. The number of hydrogen-bond acceptors (Lipinski definition) is 2. The van der Waals surface area contributed by atoms with Crippen molar-refractivity contribution in [2.45, 2.75) is 26.3 Å². The fourth-order valence-electron chi connectivity index (χ4n) is 1.91. The monoisotopic (exact) mass is 270 g/mol. The molecule has 0 heterocycles. The quantitative estimate of drug-likeness (QED) is 0.768. The summed E-state index contributed by atoms with van der Waals surface area (Å²) >= 11 is 0. The van der Waals surface area contributed by atoms with Gasteiger partial charge in [0.15, 0.2) is 0 Å². The van der Waals surface area contributed by atoms with Crippen molar-refractivity contribution in [3.8, 4) is 0 Å². The van der Waals surface area contributed by atoms with E-state index >= 15 is 0 Å². The molecule has 0 radical (unpaired) electrons. The first-order chi connectivity index (χ1) is 9.54. The predicted octanol–water partition coefficient (Wildman–Crippen LogP) is 3.08. The van der Waals surface area contributed by atoms with Crippen LogP contribution in [0.15, 0.2) is 48.3 Å². The summed E-state index contributed by atoms with van der Waals surface area (Å²) in [5, 5.41) is 0. The number of nitrogens with zero attached hydrogens (tertiary/aromatic N) is 2. The van der Waals surface area contributed by atoms with Gasteiger partial charge in [-0.25, -0.2) is 0 Å². The van der Waals surface area contributed by atoms with E-state index in [2.05, 4.69) is 42.3 Å². The molecule has 1 aliphatic rings. The Morgan fingerprint density at radius 2 is 2.05 bits per heavy atom. The molecule has 1 aromatic rings. The molecule has 0 atom stereocenters. The lowest BCUT2D eigenvalue weighted by molar-refractivity contribution is -0.123. The first kappa shape index (κ1) is 14.4. The van der Waals surface area contributed by atoms with Gasteiger partial charge in [-0.2, -0.15) is 0 Å². The van der Waals surface area contributed by atoms with Crippen LogP contribution in [0.25, 0.3) is 0 Å². The van der Waals surface area contributed by atoms with Gasteiger partial charge in [0.25, 0.3) is 0 Å². The Labute approximate surface area is 121 Å². The van der Waals surface area contributed by atoms with Gasteiger partial charge in [-0.05, 0) is 25.3 Å². The largest absolute Gasteiger partial charge is 0.350 e. The van der Waals surface area contributed by atoms with Crippen molar-refractivity contribution < 1.29 is 4.79 Å². The van der Waals surface area contributed by atoms with Crippen molar-refractivity contribution in [3.05, 3.63) is 59.4 Å². The molecular weight excluding hydrogens is 248 g/mol. The van der Waals surface area contributed by atoms with Crippen LogP contribution >= 0.6 is 0 Å². The van der Waals surface area contributed by atoms with Gasteiger partial charge >= 0.3 is 0 Å². The number of allylic oxidation sites excluding steroid dienone is 1. The van der Waals surface area contributed by atoms with E-state index in [9.17, 15) is 4.79 Å². The number of aryl methyl sites for hydroxylation is 1. The zero-order chi connectivity index (χ0) is 14.5. The minimum absolute atomic E-state index is 0.00781. The number of carbonyl (C=O) groups excluding carboxylic acids is 1. The van der Waals surface area contributed by atoms with Gasteiger partial charge in [-0.1, -0.05) is 35.4 Å². The third-order valence-corrected chi connectivity index (χ3v) is 3.18. The Kier molecular flexibility index (Phi) is 4.61. The van der Waals surface area contributed by atoms with Crippen LogP contribution in [0.3, 0.4) is 0 Å². The highest BCUT2D eigenvalue weighted by atomic mass is 16.2. The maximum Gasteiger partial charge on any atom is 0.247 e. The first-order valence-corrected chi connectivity index (χ1v) is 6.95. The van der Waals surface area contributed by atoms with E-state index in [-0.39, 0.29) is 5.91 Å². The average Bonchev–Trinajstić information content (AvgIpc) is 3.19. The lowest BCUT2D eigenvalue weighted by Gasteiger charge is -2.16. The molecule has 20 heavy (non-hydrogen) atoms. The molecular formula is C17H22N2O. The molecule has 2 rings (SSSR count). The molecule has 0 bridgehead atoms. The molecule has 1 fully saturated rings. The van der Waals surface area contributed by atoms with Crippen LogP contribution in [-0.2, 0) is 11.3 Å². The fourth-order valence-corrected chi connectivity index (χ4v) is 1.91. The van der Waals surface area contributed by atoms with Crippen molar-refractivity contribution in [3.63, 3.8) is 0 Å². The zero-order valence-electron chi connectivity index (χ0n) is 12.5. The highest BCUT2D eigenvalue weighted by Gasteiger charge is 2.12. The summed E-state index contributed by atoms with van der Waals surface area (Å²) in [5.41, 5.74) is 3.96. The molecule has 106 valence electrons. The van der Waals surface area contributed by atoms with Gasteiger partial charge in [0, 0.05) is 39.1 Å². The molecule has 1 aromatic carbocycles. The molecule has 0 aliphatic heterocycles. The highest BCUT2D eigenvalue weighted by Crippen LogP contribution is 2.28. The molecule has 3 nitrogen and oxygen atoms in total. The molecule has 1 saturated carbocycles. The second kappa shape index (κ2) is 6.42. The molecule has 3 heteroatoms. The molecule has 0 saturated heterocycles. The predicted molar refractivity (Wildman–Crippen MR) is 81.9 cm³/mol. The number of amides is 1. The Morgan fingerprint density at radius 3 is 2.65 bits per heavy atom. The van der Waals surface area contributed by atoms with Crippen LogP contribution in [0.1, 0.15) is 24.0 Å². The maximum atomic E-state index is 11.6. The van der Waals surface area contributed by atoms with E-state index < -0.39 is 0 Å². The number of rotatable bonds is 5. The smallest absolute Gasteiger partial charge is 0.247 e. The van der Waals surface area contributed by atoms with E-state index in [0.717, 1.165) is 6.54 Å². The molecule has 0 N–H and O–H groups in total. The summed E-state index contributed by atoms with van der Waals surface area (Å²) in [4.78, 5) is 15.3. The Balaban J connectivity index is 2.08. The molecule has 0 unspecified atom stereocenters. The topological polar surface area (TPSA) is 23.6 Å². The van der Waals surface area contributed by atoms with Crippen molar-refractivity contribution >= 4 is 5.91 Å². The molecule has 0 spiro atoms. The molecule has 1 amide bonds. The third-order valence-electron chi connectivity index (χ3n) is 3.18. The van der Waals surface area contributed by atoms with Crippen molar-refractivity contribution in [1.29, 1.82) is 0 Å². The van der Waals surface area contributed by atoms with Crippen LogP contribution in [0.5, 0.6) is 0 Å². The number of carbonyl (C=O) groups is 1. The Bertz CT molecular complexity index is 538. The van der Waals surface area contributed by atoms with Crippen LogP contribution < -0.4 is 0 Å². The normalized spacial score (nSPS) is 13.4. The summed E-state index contributed by atoms with van der Waals surface area (Å²) in [6, 6.07) is 8.47. The van der Waals surface area contributed by atoms with Gasteiger partial charge in [0.05, 0.1) is 0 Å². The maximum absolute atomic E-state index is 11.6. The van der Waals surface area contributed by atoms with E-state index in [1.165, 1.54) is 29.5 Å². The second-order valence-electron chi connectivity index (χ2n) is 5.50. The summed E-state index contributed by atoms with van der Waals surface area (Å²) in [6.07, 6.45) is 8.01. The fraction of sp³-hybridized carbons (Fsp3) is 0.353. The zero-order valence-corrected chi connectivity index (χ0v) is 12.5. The minimum Gasteiger partial charge on any atom is -0.350 e. The number of likely N-dealkylation sites (N-methyl/N-ethyl adjacent to an activating group) is 1. The molecule has 0 aromatic heterocycles. The van der Waals surface area contributed by atoms with E-state index in [4.69, 9.17) is 0 Å². The Morgan fingerprint density at radius 1 is 1.30 bits per heavy atom. The van der Waals surface area contributed by atoms with Crippen LogP contribution in [0, 0.1) is 6.92 Å². The highest BCUT2D eigenvalue weighted by molar-refractivity contribution is 5.86. The van der Waals surface area contributed by atoms with Crippen LogP contribution in [-0.4, -0.2) is 29.8 Å². The van der Waals surface area contributed by atoms with Crippen LogP contribution in [0.4, 0.5) is 0 Å². The Hall–Kier alpha value is -2.03. The van der Waals surface area contributed by atoms with Crippen molar-refractivity contribution in [2.75, 3.05) is 14.1 Å². The van der Waals surface area contributed by atoms with Gasteiger partial charge in [-0.15, -0.1) is 0 Å². The minimum atomic E-state index is 0.00781. The summed E-state index contributed by atoms with van der Waals surface area (Å²) in [5.74, 6) is 0.00781. The number of benzene rings is 1. The lowest BCUT2D eigenvalue weighted by atomic mass is 10.1. The third kappa shape index (κ3) is 4.57. The van der Waals surface area contributed by atoms with E-state index in [1.807, 2.05) is 6.20 Å². The van der Waals surface area contributed by atoms with E-state index in [1.54, 1.807) is 25.1 Å². The number of hydrogen-bond donors (Lipinski definition) is 0. The summed E-state index contributed by atoms with van der Waals surface area (Å²) in [6.45, 7) is 2.89. The summed E-state index contributed by atoms with van der Waals surface area (Å²) < 4.78 is 0. The first-order valence-electron chi connectivity index (χ1n) is 6.95. The molecule has 1 aliphatic carbocycles. The van der Waals surface area contributed by atoms with Gasteiger partial charge < -0.3 is 9.80 Å². The SMILES string of the molecule is Cc1cccc(CN(C=C2CC2)/C=C\C(=O)N(C)C)c1. The standard InChI is InChI=1S/C17H22N2O/c1-14-5-4-6-16(11-14)13-19(12-15-7-8-15)10-9-17(20)18(2)3/h4-6,9-12H,7-8,13H2,1-3H3/b10-9-. The van der Waals surface area contributed by atoms with Gasteiger partial charge in [0.1, 0.15) is 0 Å². The van der Waals surface area contributed by atoms with E-state index in [0.29, 0.717) is 0 Å². The second-order valence-corrected chi connectivity index (χ2v) is 5.50. The summed E-state index contributed by atoms with van der Waals surface area (Å²) in [7, 11) is 3.52. The lowest BCUT2D eigenvalue weighted by Crippen LogP contribution is -2.20. The van der Waals surface area contributed by atoms with Crippen molar-refractivity contribution in [2.24, 2.45) is 0 Å².